The predicted molar refractivity (Wildman–Crippen MR) is 355 cm³/mol. The molecule has 2 heterocycles. The molecule has 1 amide bonds. The van der Waals surface area contributed by atoms with E-state index < -0.39 is 76.7 Å². The lowest BCUT2D eigenvalue weighted by molar-refractivity contribution is -0.438. The highest BCUT2D eigenvalue weighted by molar-refractivity contribution is 7.86. The van der Waals surface area contributed by atoms with Crippen LogP contribution in [0.15, 0.2) is 173 Å². The van der Waals surface area contributed by atoms with E-state index in [0.717, 1.165) is 10.6 Å². The molecule has 494 valence electrons. The number of esters is 1. The number of allylic oxidation sites excluding steroid dienone is 8. The van der Waals surface area contributed by atoms with Crippen LogP contribution in [0.3, 0.4) is 0 Å². The third-order valence-corrected chi connectivity index (χ3v) is 22.0. The third-order valence-electron chi connectivity index (χ3n) is 16.2. The van der Waals surface area contributed by atoms with E-state index in [1.165, 1.54) is 38.5 Å². The summed E-state index contributed by atoms with van der Waals surface area (Å²) >= 11 is 0. The van der Waals surface area contributed by atoms with Gasteiger partial charge in [0.25, 0.3) is 46.4 Å². The average molecular weight is 1360 g/mol. The van der Waals surface area contributed by atoms with Gasteiger partial charge in [-0.25, -0.2) is 4.79 Å². The summed E-state index contributed by atoms with van der Waals surface area (Å²) in [5.74, 6) is -2.00. The van der Waals surface area contributed by atoms with Crippen LogP contribution in [0.2, 0.25) is 0 Å². The molecular weight excluding hydrogens is 1280 g/mol. The number of unbranched alkanes of at least 4 members (excludes halogenated alkanes) is 2. The molecule has 5 aromatic rings. The number of nitrogens with one attached hydrogen (secondary N) is 1. The number of hydrogen-bond donors (Lipinski definition) is 5. The quantitative estimate of drug-likeness (QED) is 0.00632. The minimum Gasteiger partial charge on any atom is -0.465 e. The lowest BCUT2D eigenvalue weighted by Gasteiger charge is -2.30. The number of benzene rings is 5. The molecule has 21 nitrogen and oxygen atoms in total. The van der Waals surface area contributed by atoms with Gasteiger partial charge in [0.2, 0.25) is 5.69 Å². The Labute approximate surface area is 540 Å². The fourth-order valence-electron chi connectivity index (χ4n) is 11.7. The van der Waals surface area contributed by atoms with Crippen LogP contribution in [0.1, 0.15) is 110 Å². The summed E-state index contributed by atoms with van der Waals surface area (Å²) in [6.07, 6.45) is 15.1. The van der Waals surface area contributed by atoms with E-state index in [0.29, 0.717) is 95.8 Å². The van der Waals surface area contributed by atoms with Gasteiger partial charge in [-0.05, 0) is 137 Å². The number of nitrogens with zero attached hydrogens (tertiary/aromatic N) is 2. The summed E-state index contributed by atoms with van der Waals surface area (Å²) in [4.78, 5) is 41.2. The molecule has 2 unspecified atom stereocenters. The lowest BCUT2D eigenvalue weighted by Crippen LogP contribution is -2.32. The number of fused-ring (bicyclic) bond motifs is 2. The molecule has 2 aliphatic rings. The van der Waals surface area contributed by atoms with Crippen LogP contribution in [-0.2, 0) is 70.3 Å². The van der Waals surface area contributed by atoms with Gasteiger partial charge >= 0.3 is 5.97 Å². The minimum atomic E-state index is -4.68. The number of methoxy groups -OCH3 is 2. The Morgan fingerprint density at radius 2 is 1.21 bits per heavy atom. The van der Waals surface area contributed by atoms with Gasteiger partial charge < -0.3 is 24.4 Å². The number of rotatable bonds is 35. The topological polar surface area (TPSA) is 315 Å². The zero-order valence-corrected chi connectivity index (χ0v) is 55.9. The van der Waals surface area contributed by atoms with Gasteiger partial charge in [-0.15, -0.1) is 0 Å². The number of ether oxygens (including phenoxy) is 3. The number of Topliss-reactive ketones (excluding diaryl/α,β-unsaturated/α-hetero) is 1. The molecule has 7 rings (SSSR count). The van der Waals surface area contributed by atoms with Gasteiger partial charge in [0, 0.05) is 84.8 Å². The molecular formula is C66H79N3O18PS4+. The zero-order valence-electron chi connectivity index (χ0n) is 51.7. The molecule has 0 spiro atoms. The van der Waals surface area contributed by atoms with Crippen molar-refractivity contribution in [3.05, 3.63) is 186 Å². The summed E-state index contributed by atoms with van der Waals surface area (Å²) in [5.41, 5.74) is 2.14. The Morgan fingerprint density at radius 1 is 0.620 bits per heavy atom. The number of carbonyl (C=O) groups is 3. The predicted octanol–water partition coefficient (Wildman–Crippen LogP) is 8.75. The molecule has 0 radical (unpaired) electrons. The summed E-state index contributed by atoms with van der Waals surface area (Å²) in [6.45, 7) is 5.40. The van der Waals surface area contributed by atoms with E-state index in [1.54, 1.807) is 66.8 Å². The van der Waals surface area contributed by atoms with Crippen molar-refractivity contribution < 1.29 is 85.1 Å². The maximum atomic E-state index is 13.6. The molecule has 0 saturated carbocycles. The van der Waals surface area contributed by atoms with Crippen molar-refractivity contribution in [1.82, 2.24) is 5.32 Å². The number of amides is 1. The van der Waals surface area contributed by atoms with Gasteiger partial charge in [-0.3, -0.25) is 27.8 Å². The van der Waals surface area contributed by atoms with E-state index in [4.69, 9.17) is 14.2 Å². The van der Waals surface area contributed by atoms with Crippen molar-refractivity contribution in [1.29, 1.82) is 0 Å². The number of anilines is 1. The van der Waals surface area contributed by atoms with Gasteiger partial charge in [0.05, 0.1) is 59.2 Å². The SMILES string of the molecule is COCCOCCN1C(=CC=CC=CC=CC2=[N+](CCCCCC(=O)CCCNC(=O)c3ccc(C(=O)OC)c(P(c4ccccc4)c4ccccc4)c3)c3ccc(S(=O)(=O)O)cc3C2(C)CCCS(=O)(=O)O)C(C)(CCCS(=O)(=O)O)c2cc(S(=O)(=O)O)ccc21. The van der Waals surface area contributed by atoms with Crippen LogP contribution in [0.5, 0.6) is 0 Å². The molecule has 0 aliphatic carbocycles. The molecule has 0 aromatic heterocycles. The van der Waals surface area contributed by atoms with Crippen molar-refractivity contribution in [2.75, 3.05) is 70.1 Å². The first-order chi connectivity index (χ1) is 43.6. The van der Waals surface area contributed by atoms with Crippen molar-refractivity contribution in [2.45, 2.75) is 98.7 Å². The standard InChI is InChI=1S/C66H78N3O18PS4/c1-65(36-20-44-89(73,74)75)56-47-53(91(79,80)81)31-34-58(56)68(39-18-10-11-22-50(70)23-19-38-67-63(71)49-30-33-55(64(72)86-4)60(46-49)88(51-24-12-8-13-25-51)52-26-14-9-15-27-52)61(65)28-16-6-5-7-17-29-62-66(2,37-21-45-90(76,77)78)57-48-54(92(82,83)84)32-35-59(57)69(62)40-41-87-43-42-85-3/h5-9,12-17,24-35,46-48H,10-11,18-23,36-45H2,1-4H3,(H4-,67,71,73,74,75,76,77,78,79,80,81,82,83,84)/p+1. The van der Waals surface area contributed by atoms with Gasteiger partial charge in [0.1, 0.15) is 12.3 Å². The Bertz CT molecular complexity index is 4060. The first-order valence-electron chi connectivity index (χ1n) is 29.9. The van der Waals surface area contributed by atoms with Crippen LogP contribution in [0.4, 0.5) is 11.4 Å². The zero-order chi connectivity index (χ0) is 66.9. The largest absolute Gasteiger partial charge is 0.465 e. The molecule has 0 saturated heterocycles. The van der Waals surface area contributed by atoms with E-state index in [2.05, 4.69) is 5.32 Å². The molecule has 0 bridgehead atoms. The second-order valence-corrected chi connectivity index (χ2v) is 30.8. The molecule has 2 atom stereocenters. The maximum Gasteiger partial charge on any atom is 0.338 e. The van der Waals surface area contributed by atoms with E-state index in [9.17, 15) is 66.3 Å². The monoisotopic (exact) mass is 1360 g/mol. The Kier molecular flexibility index (Phi) is 25.5. The normalized spacial score (nSPS) is 17.4. The average Bonchev–Trinajstić information content (AvgIpc) is 1.58. The molecule has 92 heavy (non-hydrogen) atoms. The van der Waals surface area contributed by atoms with E-state index in [-0.39, 0.29) is 79.7 Å². The number of hydrogen-bond acceptors (Lipinski definition) is 15. The highest BCUT2D eigenvalue weighted by atomic mass is 32.2. The number of carbonyl (C=O) groups excluding carboxylic acids is 3. The van der Waals surface area contributed by atoms with Crippen molar-refractivity contribution in [3.8, 4) is 0 Å². The molecule has 0 fully saturated rings. The fourth-order valence-corrected chi connectivity index (χ4v) is 16.2. The second kappa shape index (κ2) is 32.3. The van der Waals surface area contributed by atoms with Crippen LogP contribution >= 0.6 is 7.92 Å². The van der Waals surface area contributed by atoms with Gasteiger partial charge in [-0.2, -0.15) is 38.2 Å². The van der Waals surface area contributed by atoms with E-state index in [1.807, 2.05) is 90.1 Å². The summed E-state index contributed by atoms with van der Waals surface area (Å²) < 4.78 is 155. The fraction of sp³-hybridized carbons (Fsp3) is 0.364. The number of ketones is 1. The minimum absolute atomic E-state index is 0.000203. The van der Waals surface area contributed by atoms with Crippen LogP contribution in [-0.4, -0.2) is 145 Å². The lowest BCUT2D eigenvalue weighted by atomic mass is 9.76. The summed E-state index contributed by atoms with van der Waals surface area (Å²) in [7, 11) is -16.5. The van der Waals surface area contributed by atoms with Crippen molar-refractivity contribution >= 4 is 99.1 Å². The molecule has 5 N–H and O–H groups in total. The highest BCUT2D eigenvalue weighted by Gasteiger charge is 2.48. The molecule has 2 aliphatic heterocycles. The Balaban J connectivity index is 1.06. The van der Waals surface area contributed by atoms with Crippen LogP contribution < -0.4 is 26.1 Å². The third kappa shape index (κ3) is 19.4. The maximum absolute atomic E-state index is 13.6. The van der Waals surface area contributed by atoms with Gasteiger partial charge in [0.15, 0.2) is 5.71 Å². The first-order valence-corrected chi connectivity index (χ1v) is 37.3. The Hall–Kier alpha value is -6.87. The van der Waals surface area contributed by atoms with E-state index >= 15 is 0 Å². The van der Waals surface area contributed by atoms with Crippen LogP contribution in [0.25, 0.3) is 0 Å². The van der Waals surface area contributed by atoms with Crippen molar-refractivity contribution in [3.63, 3.8) is 0 Å². The summed E-state index contributed by atoms with van der Waals surface area (Å²) in [6, 6.07) is 32.9. The molecule has 26 heteroatoms. The summed E-state index contributed by atoms with van der Waals surface area (Å²) in [5, 5.41) is 5.56. The Morgan fingerprint density at radius 3 is 1.82 bits per heavy atom. The van der Waals surface area contributed by atoms with Crippen LogP contribution in [0, 0.1) is 0 Å². The highest BCUT2D eigenvalue weighted by Crippen LogP contribution is 2.51. The second-order valence-electron chi connectivity index (χ2n) is 22.7. The molecule has 5 aromatic carbocycles. The smallest absolute Gasteiger partial charge is 0.338 e. The first kappa shape index (κ1) is 72.6. The van der Waals surface area contributed by atoms with Crippen molar-refractivity contribution in [2.24, 2.45) is 0 Å². The van der Waals surface area contributed by atoms with Gasteiger partial charge in [-0.1, -0.05) is 91.0 Å².